The number of rotatable bonds is 3. The fourth-order valence-corrected chi connectivity index (χ4v) is 1.43. The van der Waals surface area contributed by atoms with E-state index in [1.165, 1.54) is 0 Å². The third-order valence-corrected chi connectivity index (χ3v) is 2.39. The second-order valence-corrected chi connectivity index (χ2v) is 3.44. The highest BCUT2D eigenvalue weighted by molar-refractivity contribution is 7.91. The first kappa shape index (κ1) is 8.52. The van der Waals surface area contributed by atoms with E-state index in [0.717, 1.165) is 0 Å². The highest BCUT2D eigenvalue weighted by Gasteiger charge is 2.09. The zero-order valence-electron chi connectivity index (χ0n) is 5.90. The highest BCUT2D eigenvalue weighted by Crippen LogP contribution is 2.05. The van der Waals surface area contributed by atoms with E-state index in [4.69, 9.17) is 0 Å². The van der Waals surface area contributed by atoms with E-state index in [2.05, 4.69) is 4.98 Å². The van der Waals surface area contributed by atoms with Crippen molar-refractivity contribution in [2.45, 2.75) is 5.03 Å². The van der Waals surface area contributed by atoms with Crippen LogP contribution in [-0.2, 0) is 16.3 Å². The average molecular weight is 170 g/mol. The van der Waals surface area contributed by atoms with Crippen LogP contribution in [0.25, 0.3) is 0 Å². The van der Waals surface area contributed by atoms with E-state index in [-0.39, 0.29) is 12.4 Å². The molecule has 11 heavy (non-hydrogen) atoms. The molecule has 0 aromatic carbocycles. The summed E-state index contributed by atoms with van der Waals surface area (Å²) in [6.07, 6.45) is 1.57. The molecular formula is C7H8NO2S. The van der Waals surface area contributed by atoms with Gasteiger partial charge in [-0.15, -0.1) is 0 Å². The van der Waals surface area contributed by atoms with Crippen LogP contribution in [0.5, 0.6) is 0 Å². The van der Waals surface area contributed by atoms with Gasteiger partial charge in [-0.05, 0) is 6.07 Å². The molecule has 1 radical (unpaired) electrons. The molecule has 1 unspecified atom stereocenters. The number of hydrogen-bond donors (Lipinski definition) is 0. The average Bonchev–Trinajstić information content (AvgIpc) is 2.07. The van der Waals surface area contributed by atoms with E-state index in [0.29, 0.717) is 5.03 Å². The molecule has 1 heterocycles. The monoisotopic (exact) mass is 170 g/mol. The Labute approximate surface area is 68.3 Å². The predicted molar refractivity (Wildman–Crippen MR) is 41.1 cm³/mol. The van der Waals surface area contributed by atoms with Crippen LogP contribution in [0, 0.1) is 0 Å². The van der Waals surface area contributed by atoms with E-state index in [9.17, 15) is 9.66 Å². The summed E-state index contributed by atoms with van der Waals surface area (Å²) in [5.74, 6) is 0.150. The van der Waals surface area contributed by atoms with Gasteiger partial charge in [0.15, 0.2) is 0 Å². The Morgan fingerprint density at radius 2 is 2.36 bits per heavy atom. The lowest BCUT2D eigenvalue weighted by atomic mass is 10.5. The first-order chi connectivity index (χ1) is 5.34. The summed E-state index contributed by atoms with van der Waals surface area (Å²) in [6, 6.07) is 5.16. The molecule has 0 amide bonds. The molecule has 1 aromatic heterocycles. The lowest BCUT2D eigenvalue weighted by Gasteiger charge is -2.05. The third-order valence-electron chi connectivity index (χ3n) is 1.14. The van der Waals surface area contributed by atoms with E-state index in [1.54, 1.807) is 24.4 Å². The minimum absolute atomic E-state index is 0.150. The molecule has 0 aliphatic carbocycles. The van der Waals surface area contributed by atoms with Crippen LogP contribution in [0.15, 0.2) is 29.4 Å². The maximum atomic E-state index is 11.1. The van der Waals surface area contributed by atoms with Gasteiger partial charge in [-0.1, -0.05) is 6.07 Å². The van der Waals surface area contributed by atoms with Gasteiger partial charge >= 0.3 is 0 Å². The van der Waals surface area contributed by atoms with Crippen LogP contribution >= 0.6 is 0 Å². The van der Waals surface area contributed by atoms with Gasteiger partial charge < -0.3 is 4.55 Å². The molecule has 0 aliphatic rings. The lowest BCUT2D eigenvalue weighted by molar-refractivity contribution is 0.213. The van der Waals surface area contributed by atoms with Crippen molar-refractivity contribution in [3.8, 4) is 0 Å². The third kappa shape index (κ3) is 2.49. The molecule has 4 heteroatoms. The van der Waals surface area contributed by atoms with Crippen LogP contribution in [-0.4, -0.2) is 21.9 Å². The Morgan fingerprint density at radius 3 is 2.91 bits per heavy atom. The Balaban J connectivity index is 2.61. The standard InChI is InChI=1S/C7H8NO2S/c9-5-6-11(10)7-3-1-2-4-8-7/h1-4H,5-6H2. The summed E-state index contributed by atoms with van der Waals surface area (Å²) >= 11 is -1.21. The maximum Gasteiger partial charge on any atom is 0.244 e. The number of nitrogens with zero attached hydrogens (tertiary/aromatic N) is 1. The van der Waals surface area contributed by atoms with Crippen LogP contribution in [0.2, 0.25) is 0 Å². The molecule has 0 aliphatic heterocycles. The summed E-state index contributed by atoms with van der Waals surface area (Å²) in [6.45, 7) is -0.316. The Bertz CT molecular complexity index is 205. The van der Waals surface area contributed by atoms with Gasteiger partial charge in [0.1, 0.15) is 12.4 Å². The van der Waals surface area contributed by atoms with Gasteiger partial charge in [-0.2, -0.15) is 0 Å². The van der Waals surface area contributed by atoms with Gasteiger partial charge in [0.25, 0.3) is 0 Å². The molecule has 0 N–H and O–H groups in total. The van der Waals surface area contributed by atoms with Crippen molar-refractivity contribution in [2.24, 2.45) is 0 Å². The topological polar surface area (TPSA) is 55.8 Å². The lowest BCUT2D eigenvalue weighted by Crippen LogP contribution is -2.10. The van der Waals surface area contributed by atoms with Gasteiger partial charge in [0.2, 0.25) is 5.03 Å². The molecule has 0 saturated heterocycles. The minimum Gasteiger partial charge on any atom is -0.610 e. The highest BCUT2D eigenvalue weighted by atomic mass is 32.2. The predicted octanol–water partition coefficient (Wildman–Crippen LogP) is 0.620. The van der Waals surface area contributed by atoms with Gasteiger partial charge in [0.05, 0.1) is 0 Å². The minimum atomic E-state index is -1.21. The zero-order valence-corrected chi connectivity index (χ0v) is 6.71. The molecule has 59 valence electrons. The first-order valence-corrected chi connectivity index (χ1v) is 4.54. The van der Waals surface area contributed by atoms with Crippen molar-refractivity contribution < 1.29 is 9.66 Å². The largest absolute Gasteiger partial charge is 0.610 e. The van der Waals surface area contributed by atoms with Crippen molar-refractivity contribution in [1.29, 1.82) is 0 Å². The summed E-state index contributed by atoms with van der Waals surface area (Å²) < 4.78 is 11.1. The summed E-state index contributed by atoms with van der Waals surface area (Å²) in [7, 11) is 0. The van der Waals surface area contributed by atoms with Gasteiger partial charge in [0, 0.05) is 23.4 Å². The Kier molecular flexibility index (Phi) is 3.35. The maximum absolute atomic E-state index is 11.1. The molecule has 1 atom stereocenters. The van der Waals surface area contributed by atoms with E-state index >= 15 is 0 Å². The second-order valence-electron chi connectivity index (χ2n) is 1.92. The summed E-state index contributed by atoms with van der Waals surface area (Å²) in [4.78, 5) is 3.86. The zero-order chi connectivity index (χ0) is 8.10. The number of aromatic nitrogens is 1. The summed E-state index contributed by atoms with van der Waals surface area (Å²) in [5.41, 5.74) is 0. The van der Waals surface area contributed by atoms with Crippen molar-refractivity contribution in [3.63, 3.8) is 0 Å². The molecule has 0 bridgehead atoms. The smallest absolute Gasteiger partial charge is 0.244 e. The molecular weight excluding hydrogens is 162 g/mol. The molecule has 1 aromatic rings. The number of hydrogen-bond acceptors (Lipinski definition) is 2. The normalized spacial score (nSPS) is 12.9. The first-order valence-electron chi connectivity index (χ1n) is 3.22. The Hall–Kier alpha value is -0.580. The van der Waals surface area contributed by atoms with Gasteiger partial charge in [-0.3, -0.25) is 0 Å². The molecule has 3 nitrogen and oxygen atoms in total. The fraction of sp³-hybridized carbons (Fsp3) is 0.286. The Morgan fingerprint density at radius 1 is 1.55 bits per heavy atom. The van der Waals surface area contributed by atoms with Crippen molar-refractivity contribution in [3.05, 3.63) is 24.4 Å². The van der Waals surface area contributed by atoms with Crippen LogP contribution in [0.1, 0.15) is 0 Å². The van der Waals surface area contributed by atoms with Crippen molar-refractivity contribution in [1.82, 2.24) is 4.98 Å². The number of pyridine rings is 1. The fourth-order valence-electron chi connectivity index (χ4n) is 0.662. The SMILES string of the molecule is [O]CC[S+]([O-])c1ccccn1. The van der Waals surface area contributed by atoms with Crippen molar-refractivity contribution in [2.75, 3.05) is 12.4 Å². The van der Waals surface area contributed by atoms with E-state index < -0.39 is 11.2 Å². The van der Waals surface area contributed by atoms with Crippen molar-refractivity contribution >= 4 is 11.2 Å². The van der Waals surface area contributed by atoms with Crippen LogP contribution in [0.4, 0.5) is 0 Å². The molecule has 0 fully saturated rings. The van der Waals surface area contributed by atoms with E-state index in [1.807, 2.05) is 0 Å². The van der Waals surface area contributed by atoms with Gasteiger partial charge in [-0.25, -0.2) is 10.1 Å². The van der Waals surface area contributed by atoms with Crippen LogP contribution in [0.3, 0.4) is 0 Å². The molecule has 0 saturated carbocycles. The molecule has 1 rings (SSSR count). The quantitative estimate of drug-likeness (QED) is 0.624. The second kappa shape index (κ2) is 4.33. The summed E-state index contributed by atoms with van der Waals surface area (Å²) in [5, 5.41) is 10.6. The molecule has 0 spiro atoms. The van der Waals surface area contributed by atoms with Crippen LogP contribution < -0.4 is 0 Å².